The first-order valence-electron chi connectivity index (χ1n) is 4.55. The van der Waals surface area contributed by atoms with Crippen LogP contribution in [0.25, 0.3) is 11.1 Å². The standard InChI is InChI=1S/C12H8F2O2/c13-10-5-8(6-11(14)12(10)16)7-1-3-9(15)4-2-7/h1-6,15-16H. The number of phenolic OH excluding ortho intramolecular Hbond substituents is 2. The zero-order valence-corrected chi connectivity index (χ0v) is 8.11. The van der Waals surface area contributed by atoms with Crippen molar-refractivity contribution >= 4 is 0 Å². The minimum Gasteiger partial charge on any atom is -0.508 e. The van der Waals surface area contributed by atoms with Gasteiger partial charge >= 0.3 is 0 Å². The Balaban J connectivity index is 2.52. The molecule has 0 saturated heterocycles. The summed E-state index contributed by atoms with van der Waals surface area (Å²) in [5.41, 5.74) is 0.850. The Morgan fingerprint density at radius 1 is 0.750 bits per heavy atom. The van der Waals surface area contributed by atoms with Gasteiger partial charge in [0.1, 0.15) is 5.75 Å². The quantitative estimate of drug-likeness (QED) is 0.778. The number of rotatable bonds is 1. The predicted molar refractivity (Wildman–Crippen MR) is 55.1 cm³/mol. The van der Waals surface area contributed by atoms with Gasteiger partial charge in [-0.25, -0.2) is 8.78 Å². The lowest BCUT2D eigenvalue weighted by atomic mass is 10.1. The minimum atomic E-state index is -1.01. The highest BCUT2D eigenvalue weighted by atomic mass is 19.1. The van der Waals surface area contributed by atoms with Crippen molar-refractivity contribution in [3.8, 4) is 22.6 Å². The molecule has 0 fully saturated rings. The van der Waals surface area contributed by atoms with E-state index in [9.17, 15) is 8.78 Å². The van der Waals surface area contributed by atoms with E-state index in [-0.39, 0.29) is 5.75 Å². The van der Waals surface area contributed by atoms with Crippen molar-refractivity contribution in [2.45, 2.75) is 0 Å². The number of benzene rings is 2. The molecule has 2 rings (SSSR count). The normalized spacial score (nSPS) is 10.4. The Morgan fingerprint density at radius 3 is 1.75 bits per heavy atom. The van der Waals surface area contributed by atoms with Gasteiger partial charge < -0.3 is 10.2 Å². The smallest absolute Gasteiger partial charge is 0.187 e. The van der Waals surface area contributed by atoms with Gasteiger partial charge in [-0.2, -0.15) is 0 Å². The van der Waals surface area contributed by atoms with Gasteiger partial charge in [0.15, 0.2) is 17.4 Å². The van der Waals surface area contributed by atoms with Crippen LogP contribution in [0.3, 0.4) is 0 Å². The van der Waals surface area contributed by atoms with Gasteiger partial charge in [-0.15, -0.1) is 0 Å². The zero-order valence-electron chi connectivity index (χ0n) is 8.11. The molecular formula is C12H8F2O2. The van der Waals surface area contributed by atoms with Crippen LogP contribution in [0.5, 0.6) is 11.5 Å². The molecule has 4 heteroatoms. The van der Waals surface area contributed by atoms with Crippen LogP contribution in [0.2, 0.25) is 0 Å². The third-order valence-corrected chi connectivity index (χ3v) is 2.22. The van der Waals surface area contributed by atoms with Crippen LogP contribution < -0.4 is 0 Å². The van der Waals surface area contributed by atoms with Gasteiger partial charge in [0.05, 0.1) is 0 Å². The first kappa shape index (κ1) is 10.4. The summed E-state index contributed by atoms with van der Waals surface area (Å²) in [5.74, 6) is -2.93. The average Bonchev–Trinajstić information content (AvgIpc) is 2.26. The topological polar surface area (TPSA) is 40.5 Å². The van der Waals surface area contributed by atoms with Gasteiger partial charge in [-0.05, 0) is 35.4 Å². The largest absolute Gasteiger partial charge is 0.508 e. The lowest BCUT2D eigenvalue weighted by Crippen LogP contribution is -1.86. The molecule has 0 radical (unpaired) electrons. The highest BCUT2D eigenvalue weighted by Gasteiger charge is 2.10. The predicted octanol–water partition coefficient (Wildman–Crippen LogP) is 3.04. The molecule has 0 aliphatic heterocycles. The fraction of sp³-hybridized carbons (Fsp3) is 0. The summed E-state index contributed by atoms with van der Waals surface area (Å²) < 4.78 is 26.1. The van der Waals surface area contributed by atoms with Gasteiger partial charge in [0, 0.05) is 0 Å². The molecule has 2 aromatic rings. The van der Waals surface area contributed by atoms with Gasteiger partial charge in [0.2, 0.25) is 0 Å². The van der Waals surface area contributed by atoms with Gasteiger partial charge in [0.25, 0.3) is 0 Å². The monoisotopic (exact) mass is 222 g/mol. The molecular weight excluding hydrogens is 214 g/mol. The molecule has 0 atom stereocenters. The fourth-order valence-electron chi connectivity index (χ4n) is 1.39. The van der Waals surface area contributed by atoms with Crippen LogP contribution in [-0.4, -0.2) is 10.2 Å². The lowest BCUT2D eigenvalue weighted by molar-refractivity contribution is 0.396. The highest BCUT2D eigenvalue weighted by molar-refractivity contribution is 5.65. The Morgan fingerprint density at radius 2 is 1.25 bits per heavy atom. The molecule has 0 amide bonds. The summed E-state index contributed by atoms with van der Waals surface area (Å²) in [6, 6.07) is 7.95. The molecule has 82 valence electrons. The maximum absolute atomic E-state index is 13.1. The molecule has 2 aromatic carbocycles. The molecule has 16 heavy (non-hydrogen) atoms. The third kappa shape index (κ3) is 1.82. The zero-order chi connectivity index (χ0) is 11.7. The SMILES string of the molecule is Oc1ccc(-c2cc(F)c(O)c(F)c2)cc1. The van der Waals surface area contributed by atoms with Crippen LogP contribution in [0.4, 0.5) is 8.78 Å². The van der Waals surface area contributed by atoms with Crippen LogP contribution in [-0.2, 0) is 0 Å². The molecule has 0 saturated carbocycles. The molecule has 2 nitrogen and oxygen atoms in total. The second-order valence-electron chi connectivity index (χ2n) is 3.34. The number of halogens is 2. The van der Waals surface area contributed by atoms with E-state index in [1.807, 2.05) is 0 Å². The summed E-state index contributed by atoms with van der Waals surface area (Å²) in [7, 11) is 0. The summed E-state index contributed by atoms with van der Waals surface area (Å²) in [4.78, 5) is 0. The van der Waals surface area contributed by atoms with Gasteiger partial charge in [-0.3, -0.25) is 0 Å². The molecule has 0 aliphatic rings. The molecule has 0 spiro atoms. The van der Waals surface area contributed by atoms with E-state index in [0.717, 1.165) is 12.1 Å². The van der Waals surface area contributed by atoms with E-state index < -0.39 is 17.4 Å². The van der Waals surface area contributed by atoms with Crippen molar-refractivity contribution in [3.05, 3.63) is 48.0 Å². The maximum atomic E-state index is 13.1. The summed E-state index contributed by atoms with van der Waals surface area (Å²) >= 11 is 0. The Bertz CT molecular complexity index is 498. The van der Waals surface area contributed by atoms with Crippen molar-refractivity contribution in [1.82, 2.24) is 0 Å². The Kier molecular flexibility index (Phi) is 2.48. The third-order valence-electron chi connectivity index (χ3n) is 2.22. The summed E-state index contributed by atoms with van der Waals surface area (Å²) in [5, 5.41) is 18.0. The van der Waals surface area contributed by atoms with Gasteiger partial charge in [-0.1, -0.05) is 12.1 Å². The van der Waals surface area contributed by atoms with Crippen molar-refractivity contribution < 1.29 is 19.0 Å². The fourth-order valence-corrected chi connectivity index (χ4v) is 1.39. The van der Waals surface area contributed by atoms with Crippen molar-refractivity contribution in [3.63, 3.8) is 0 Å². The second-order valence-corrected chi connectivity index (χ2v) is 3.34. The molecule has 0 unspecified atom stereocenters. The van der Waals surface area contributed by atoms with Crippen molar-refractivity contribution in [2.24, 2.45) is 0 Å². The summed E-state index contributed by atoms with van der Waals surface area (Å²) in [6.07, 6.45) is 0. The number of phenols is 2. The van der Waals surface area contributed by atoms with Crippen LogP contribution in [0.1, 0.15) is 0 Å². The minimum absolute atomic E-state index is 0.0727. The van der Waals surface area contributed by atoms with E-state index >= 15 is 0 Å². The molecule has 0 aromatic heterocycles. The Labute approximate surface area is 90.4 Å². The van der Waals surface area contributed by atoms with Crippen molar-refractivity contribution in [2.75, 3.05) is 0 Å². The number of hydrogen-bond donors (Lipinski definition) is 2. The average molecular weight is 222 g/mol. The van der Waals surface area contributed by atoms with E-state index in [0.29, 0.717) is 11.1 Å². The molecule has 2 N–H and O–H groups in total. The highest BCUT2D eigenvalue weighted by Crippen LogP contribution is 2.28. The lowest BCUT2D eigenvalue weighted by Gasteiger charge is -2.04. The molecule has 0 heterocycles. The van der Waals surface area contributed by atoms with Crippen molar-refractivity contribution in [1.29, 1.82) is 0 Å². The van der Waals surface area contributed by atoms with E-state index in [2.05, 4.69) is 0 Å². The van der Waals surface area contributed by atoms with E-state index in [4.69, 9.17) is 10.2 Å². The molecule has 0 bridgehead atoms. The van der Waals surface area contributed by atoms with Crippen LogP contribution in [0, 0.1) is 11.6 Å². The number of hydrogen-bond acceptors (Lipinski definition) is 2. The van der Waals surface area contributed by atoms with E-state index in [1.165, 1.54) is 24.3 Å². The molecule has 0 aliphatic carbocycles. The summed E-state index contributed by atoms with van der Waals surface area (Å²) in [6.45, 7) is 0. The van der Waals surface area contributed by atoms with E-state index in [1.54, 1.807) is 0 Å². The number of aromatic hydroxyl groups is 2. The second kappa shape index (κ2) is 3.81. The maximum Gasteiger partial charge on any atom is 0.187 e. The first-order valence-corrected chi connectivity index (χ1v) is 4.55. The van der Waals surface area contributed by atoms with Crippen LogP contribution in [0.15, 0.2) is 36.4 Å². The van der Waals surface area contributed by atoms with Crippen LogP contribution >= 0.6 is 0 Å². The Hall–Kier alpha value is -2.10. The first-order chi connectivity index (χ1) is 7.58.